The van der Waals surface area contributed by atoms with Crippen LogP contribution in [0, 0.1) is 5.82 Å². The molecule has 0 saturated heterocycles. The van der Waals surface area contributed by atoms with Gasteiger partial charge >= 0.3 is 0 Å². The zero-order chi connectivity index (χ0) is 20.7. The predicted molar refractivity (Wildman–Crippen MR) is 112 cm³/mol. The normalized spacial score (nSPS) is 17.3. The highest BCUT2D eigenvalue weighted by molar-refractivity contribution is 5.99. The van der Waals surface area contributed by atoms with Crippen LogP contribution in [0.15, 0.2) is 47.4 Å². The molecular weight excluding hydrogens is 367 g/mol. The number of aromatic nitrogens is 1. The van der Waals surface area contributed by atoms with Gasteiger partial charge in [0.15, 0.2) is 0 Å². The maximum absolute atomic E-state index is 14.3. The Hall–Kier alpha value is -2.95. The maximum Gasteiger partial charge on any atom is 0.256 e. The number of carbonyl (C=O) groups is 1. The number of amides is 1. The minimum Gasteiger partial charge on any atom is -0.335 e. The zero-order valence-corrected chi connectivity index (χ0v) is 16.9. The van der Waals surface area contributed by atoms with Crippen molar-refractivity contribution in [3.8, 4) is 0 Å². The summed E-state index contributed by atoms with van der Waals surface area (Å²) in [5.41, 5.74) is 4.49. The first kappa shape index (κ1) is 19.4. The summed E-state index contributed by atoms with van der Waals surface area (Å²) < 4.78 is 15.8. The zero-order valence-electron chi connectivity index (χ0n) is 16.9. The number of rotatable bonds is 4. The summed E-state index contributed by atoms with van der Waals surface area (Å²) in [6.45, 7) is 6.04. The van der Waals surface area contributed by atoms with Crippen molar-refractivity contribution in [1.82, 2.24) is 9.47 Å². The van der Waals surface area contributed by atoms with Gasteiger partial charge < -0.3 is 9.47 Å². The molecule has 1 amide bonds. The van der Waals surface area contributed by atoms with Crippen molar-refractivity contribution in [2.45, 2.75) is 45.2 Å². The molecule has 2 aliphatic rings. The van der Waals surface area contributed by atoms with Crippen LogP contribution in [0.5, 0.6) is 0 Å². The second-order valence-corrected chi connectivity index (χ2v) is 7.98. The van der Waals surface area contributed by atoms with Crippen LogP contribution in [0.3, 0.4) is 0 Å². The first-order chi connectivity index (χ1) is 13.9. The monoisotopic (exact) mass is 392 g/mol. The Morgan fingerprint density at radius 2 is 2.17 bits per heavy atom. The SMILES string of the molecule is C=CCn1cc(C(=O)N(C)C2CCCc3c(F)cccc32)c2c(c1=O)CC(C)=C2. The van der Waals surface area contributed by atoms with Crippen molar-refractivity contribution in [1.29, 1.82) is 0 Å². The third kappa shape index (κ3) is 3.24. The molecule has 0 aliphatic heterocycles. The van der Waals surface area contributed by atoms with Crippen molar-refractivity contribution in [3.63, 3.8) is 0 Å². The van der Waals surface area contributed by atoms with E-state index in [0.717, 1.165) is 29.5 Å². The standard InChI is InChI=1S/C24H25FN2O2/c1-4-11-27-14-20(18-12-15(2)13-19(18)24(27)29)23(28)26(3)22-10-6-7-16-17(22)8-5-9-21(16)25/h4-5,8-9,12,14,22H,1,6-7,10-11,13H2,2-3H3. The molecule has 0 saturated carbocycles. The minimum absolute atomic E-state index is 0.0720. The molecular formula is C24H25FN2O2. The van der Waals surface area contributed by atoms with Crippen molar-refractivity contribution >= 4 is 12.0 Å². The Morgan fingerprint density at radius 1 is 1.38 bits per heavy atom. The van der Waals surface area contributed by atoms with Crippen LogP contribution in [-0.4, -0.2) is 22.4 Å². The third-order valence-electron chi connectivity index (χ3n) is 6.03. The fraction of sp³-hybridized carbons (Fsp3) is 0.333. The van der Waals surface area contributed by atoms with Crippen LogP contribution in [0.2, 0.25) is 0 Å². The van der Waals surface area contributed by atoms with E-state index in [1.54, 1.807) is 34.9 Å². The number of benzene rings is 1. The third-order valence-corrected chi connectivity index (χ3v) is 6.03. The fourth-order valence-electron chi connectivity index (χ4n) is 4.60. The number of pyridine rings is 1. The average molecular weight is 392 g/mol. The molecule has 150 valence electrons. The van der Waals surface area contributed by atoms with E-state index in [-0.39, 0.29) is 23.3 Å². The first-order valence-corrected chi connectivity index (χ1v) is 10.0. The Morgan fingerprint density at radius 3 is 2.93 bits per heavy atom. The topological polar surface area (TPSA) is 42.3 Å². The summed E-state index contributed by atoms with van der Waals surface area (Å²) >= 11 is 0. The number of allylic oxidation sites excluding steroid dienone is 2. The molecule has 2 aliphatic carbocycles. The highest BCUT2D eigenvalue weighted by Crippen LogP contribution is 2.36. The molecule has 5 heteroatoms. The van der Waals surface area contributed by atoms with Gasteiger partial charge in [0.1, 0.15) is 5.82 Å². The Kier molecular flexibility index (Phi) is 4.99. The fourth-order valence-corrected chi connectivity index (χ4v) is 4.60. The van der Waals surface area contributed by atoms with Crippen molar-refractivity contribution in [2.24, 2.45) is 0 Å². The molecule has 1 heterocycles. The molecule has 0 bridgehead atoms. The van der Waals surface area contributed by atoms with Crippen LogP contribution in [-0.2, 0) is 19.4 Å². The summed E-state index contributed by atoms with van der Waals surface area (Å²) in [6, 6.07) is 4.93. The summed E-state index contributed by atoms with van der Waals surface area (Å²) in [5, 5.41) is 0. The van der Waals surface area contributed by atoms with Gasteiger partial charge in [-0.05, 0) is 55.4 Å². The van der Waals surface area contributed by atoms with E-state index in [4.69, 9.17) is 0 Å². The summed E-state index contributed by atoms with van der Waals surface area (Å²) in [4.78, 5) is 28.0. The van der Waals surface area contributed by atoms with Gasteiger partial charge in [-0.2, -0.15) is 0 Å². The van der Waals surface area contributed by atoms with Crippen LogP contribution in [0.1, 0.15) is 58.4 Å². The van der Waals surface area contributed by atoms with E-state index in [9.17, 15) is 14.0 Å². The Labute approximate surface area is 170 Å². The lowest BCUT2D eigenvalue weighted by molar-refractivity contribution is 0.0713. The number of fused-ring (bicyclic) bond motifs is 2. The van der Waals surface area contributed by atoms with E-state index in [0.29, 0.717) is 36.1 Å². The van der Waals surface area contributed by atoms with Gasteiger partial charge in [0, 0.05) is 25.4 Å². The molecule has 29 heavy (non-hydrogen) atoms. The van der Waals surface area contributed by atoms with Gasteiger partial charge in [0.05, 0.1) is 11.6 Å². The summed E-state index contributed by atoms with van der Waals surface area (Å²) in [5.74, 6) is -0.348. The molecule has 2 aromatic rings. The highest BCUT2D eigenvalue weighted by Gasteiger charge is 2.31. The lowest BCUT2D eigenvalue weighted by Crippen LogP contribution is -2.35. The first-order valence-electron chi connectivity index (χ1n) is 10.0. The number of nitrogens with zero attached hydrogens (tertiary/aromatic N) is 2. The van der Waals surface area contributed by atoms with Crippen molar-refractivity contribution in [3.05, 3.63) is 86.6 Å². The maximum atomic E-state index is 14.3. The van der Waals surface area contributed by atoms with Crippen LogP contribution in [0.4, 0.5) is 4.39 Å². The van der Waals surface area contributed by atoms with Gasteiger partial charge in [0.2, 0.25) is 0 Å². The molecule has 0 N–H and O–H groups in total. The molecule has 4 rings (SSSR count). The van der Waals surface area contributed by atoms with Crippen LogP contribution < -0.4 is 5.56 Å². The van der Waals surface area contributed by atoms with Gasteiger partial charge in [-0.3, -0.25) is 9.59 Å². The molecule has 1 atom stereocenters. The number of hydrogen-bond acceptors (Lipinski definition) is 2. The molecule has 1 aromatic heterocycles. The lowest BCUT2D eigenvalue weighted by atomic mass is 9.86. The highest BCUT2D eigenvalue weighted by atomic mass is 19.1. The van der Waals surface area contributed by atoms with E-state index < -0.39 is 0 Å². The van der Waals surface area contributed by atoms with Crippen LogP contribution in [0.25, 0.3) is 6.08 Å². The van der Waals surface area contributed by atoms with Crippen molar-refractivity contribution in [2.75, 3.05) is 7.05 Å². The van der Waals surface area contributed by atoms with E-state index in [1.165, 1.54) is 6.07 Å². The quantitative estimate of drug-likeness (QED) is 0.729. The number of carbonyl (C=O) groups excluding carboxylic acids is 1. The van der Waals surface area contributed by atoms with E-state index in [2.05, 4.69) is 6.58 Å². The molecule has 4 nitrogen and oxygen atoms in total. The van der Waals surface area contributed by atoms with Gasteiger partial charge in [-0.1, -0.05) is 29.9 Å². The largest absolute Gasteiger partial charge is 0.335 e. The number of halogens is 1. The molecule has 0 radical (unpaired) electrons. The number of hydrogen-bond donors (Lipinski definition) is 0. The second-order valence-electron chi connectivity index (χ2n) is 7.98. The van der Waals surface area contributed by atoms with Crippen molar-refractivity contribution < 1.29 is 9.18 Å². The Balaban J connectivity index is 1.77. The van der Waals surface area contributed by atoms with Crippen LogP contribution >= 0.6 is 0 Å². The Bertz CT molecular complexity index is 1100. The van der Waals surface area contributed by atoms with Gasteiger partial charge in [-0.15, -0.1) is 6.58 Å². The van der Waals surface area contributed by atoms with Gasteiger partial charge in [0.25, 0.3) is 11.5 Å². The molecule has 0 fully saturated rings. The molecule has 0 spiro atoms. The molecule has 1 unspecified atom stereocenters. The lowest BCUT2D eigenvalue weighted by Gasteiger charge is -2.34. The predicted octanol–water partition coefficient (Wildman–Crippen LogP) is 4.28. The smallest absolute Gasteiger partial charge is 0.256 e. The minimum atomic E-state index is -0.202. The second kappa shape index (κ2) is 7.47. The average Bonchev–Trinajstić information content (AvgIpc) is 3.11. The van der Waals surface area contributed by atoms with E-state index >= 15 is 0 Å². The van der Waals surface area contributed by atoms with E-state index in [1.807, 2.05) is 19.1 Å². The molecule has 1 aromatic carbocycles. The summed E-state index contributed by atoms with van der Waals surface area (Å²) in [7, 11) is 1.77. The summed E-state index contributed by atoms with van der Waals surface area (Å²) in [6.07, 6.45) is 8.12. The van der Waals surface area contributed by atoms with Gasteiger partial charge in [-0.25, -0.2) is 4.39 Å².